The maximum atomic E-state index is 6.77. The Bertz CT molecular complexity index is 264. The number of rotatable bonds is 4. The molecule has 0 spiro atoms. The molecule has 2 unspecified atom stereocenters. The van der Waals surface area contributed by atoms with Crippen molar-refractivity contribution in [3.8, 4) is 0 Å². The van der Waals surface area contributed by atoms with Gasteiger partial charge in [-0.25, -0.2) is 0 Å². The molecule has 1 aliphatic heterocycles. The normalized spacial score (nSPS) is 34.7. The maximum Gasteiger partial charge on any atom is 0.0332 e. The number of nitrogens with two attached hydrogens (primary N) is 1. The lowest BCUT2D eigenvalue weighted by atomic mass is 9.72. The summed E-state index contributed by atoms with van der Waals surface area (Å²) < 4.78 is 0. The molecule has 0 aromatic rings. The first-order valence-corrected chi connectivity index (χ1v) is 8.58. The number of hydrogen-bond acceptors (Lipinski definition) is 2. The van der Waals surface area contributed by atoms with Gasteiger partial charge in [-0.1, -0.05) is 33.1 Å². The van der Waals surface area contributed by atoms with Crippen LogP contribution < -0.4 is 5.73 Å². The van der Waals surface area contributed by atoms with Gasteiger partial charge < -0.3 is 5.73 Å². The van der Waals surface area contributed by atoms with Gasteiger partial charge in [-0.2, -0.15) is 0 Å². The molecular weight excluding hydrogens is 232 g/mol. The van der Waals surface area contributed by atoms with Gasteiger partial charge >= 0.3 is 0 Å². The first kappa shape index (κ1) is 15.3. The summed E-state index contributed by atoms with van der Waals surface area (Å²) in [5, 5.41) is 0. The lowest BCUT2D eigenvalue weighted by molar-refractivity contribution is 0.0276. The van der Waals surface area contributed by atoms with Crippen LogP contribution in [-0.4, -0.2) is 29.6 Å². The molecule has 2 fully saturated rings. The highest BCUT2D eigenvalue weighted by Crippen LogP contribution is 2.37. The minimum Gasteiger partial charge on any atom is -0.326 e. The van der Waals surface area contributed by atoms with Crippen LogP contribution in [0.3, 0.4) is 0 Å². The molecule has 0 radical (unpaired) electrons. The van der Waals surface area contributed by atoms with Crippen molar-refractivity contribution < 1.29 is 0 Å². The average Bonchev–Trinajstić information content (AvgIpc) is 2.47. The van der Waals surface area contributed by atoms with Crippen LogP contribution in [0.1, 0.15) is 72.1 Å². The molecule has 0 aromatic carbocycles. The van der Waals surface area contributed by atoms with Crippen molar-refractivity contribution in [3.05, 3.63) is 0 Å². The van der Waals surface area contributed by atoms with E-state index in [-0.39, 0.29) is 5.54 Å². The van der Waals surface area contributed by atoms with Crippen LogP contribution in [0.25, 0.3) is 0 Å². The Kier molecular flexibility index (Phi) is 5.30. The number of nitrogens with zero attached hydrogens (tertiary/aromatic N) is 1. The second-order valence-corrected chi connectivity index (χ2v) is 7.30. The third kappa shape index (κ3) is 3.33. The largest absolute Gasteiger partial charge is 0.326 e. The Morgan fingerprint density at radius 1 is 1.11 bits per heavy atom. The molecular formula is C17H34N2. The minimum absolute atomic E-state index is 0.228. The summed E-state index contributed by atoms with van der Waals surface area (Å²) in [5.74, 6) is 1.68. The molecule has 2 rings (SSSR count). The molecule has 1 heterocycles. The van der Waals surface area contributed by atoms with Crippen LogP contribution in [0.5, 0.6) is 0 Å². The zero-order chi connectivity index (χ0) is 13.9. The summed E-state index contributed by atoms with van der Waals surface area (Å²) in [6.07, 6.45) is 10.8. The Labute approximate surface area is 120 Å². The molecule has 2 heteroatoms. The van der Waals surface area contributed by atoms with Gasteiger partial charge in [-0.3, -0.25) is 4.90 Å². The zero-order valence-corrected chi connectivity index (χ0v) is 13.3. The molecule has 2 aliphatic rings. The van der Waals surface area contributed by atoms with E-state index >= 15 is 0 Å². The molecule has 1 saturated heterocycles. The summed E-state index contributed by atoms with van der Waals surface area (Å²) >= 11 is 0. The Morgan fingerprint density at radius 3 is 2.21 bits per heavy atom. The second-order valence-electron chi connectivity index (χ2n) is 7.30. The molecule has 19 heavy (non-hydrogen) atoms. The predicted molar refractivity (Wildman–Crippen MR) is 83.2 cm³/mol. The monoisotopic (exact) mass is 266 g/mol. The van der Waals surface area contributed by atoms with Crippen LogP contribution in [0.15, 0.2) is 0 Å². The van der Waals surface area contributed by atoms with Crippen molar-refractivity contribution in [3.63, 3.8) is 0 Å². The van der Waals surface area contributed by atoms with E-state index in [0.29, 0.717) is 6.04 Å². The topological polar surface area (TPSA) is 29.3 Å². The third-order valence-corrected chi connectivity index (χ3v) is 6.08. The van der Waals surface area contributed by atoms with E-state index < -0.39 is 0 Å². The minimum atomic E-state index is 0.228. The van der Waals surface area contributed by atoms with Gasteiger partial charge in [0, 0.05) is 11.6 Å². The van der Waals surface area contributed by atoms with Gasteiger partial charge in [-0.15, -0.1) is 0 Å². The van der Waals surface area contributed by atoms with Gasteiger partial charge in [0.2, 0.25) is 0 Å². The zero-order valence-electron chi connectivity index (χ0n) is 13.3. The van der Waals surface area contributed by atoms with Gasteiger partial charge in [-0.05, 0) is 64.0 Å². The van der Waals surface area contributed by atoms with Crippen LogP contribution in [0.2, 0.25) is 0 Å². The van der Waals surface area contributed by atoms with Gasteiger partial charge in [0.15, 0.2) is 0 Å². The molecule has 0 aromatic heterocycles. The van der Waals surface area contributed by atoms with Crippen molar-refractivity contribution in [2.75, 3.05) is 13.1 Å². The van der Waals surface area contributed by atoms with Crippen molar-refractivity contribution in [1.82, 2.24) is 4.90 Å². The third-order valence-electron chi connectivity index (χ3n) is 6.08. The van der Waals surface area contributed by atoms with E-state index in [1.807, 2.05) is 0 Å². The lowest BCUT2D eigenvalue weighted by Crippen LogP contribution is -2.61. The van der Waals surface area contributed by atoms with E-state index in [1.165, 1.54) is 64.5 Å². The van der Waals surface area contributed by atoms with Crippen molar-refractivity contribution >= 4 is 0 Å². The molecule has 2 N–H and O–H groups in total. The molecule has 1 aliphatic carbocycles. The average molecular weight is 266 g/mol. The number of hydrogen-bond donors (Lipinski definition) is 1. The Morgan fingerprint density at radius 2 is 1.68 bits per heavy atom. The van der Waals surface area contributed by atoms with Gasteiger partial charge in [0.05, 0.1) is 0 Å². The quantitative estimate of drug-likeness (QED) is 0.838. The lowest BCUT2D eigenvalue weighted by Gasteiger charge is -2.50. The molecule has 2 atom stereocenters. The number of piperidine rings is 1. The summed E-state index contributed by atoms with van der Waals surface area (Å²) in [4.78, 5) is 2.71. The van der Waals surface area contributed by atoms with Gasteiger partial charge in [0.25, 0.3) is 0 Å². The second kappa shape index (κ2) is 6.58. The molecule has 2 nitrogen and oxygen atoms in total. The van der Waals surface area contributed by atoms with E-state index in [1.54, 1.807) is 0 Å². The highest BCUT2D eigenvalue weighted by atomic mass is 15.2. The fraction of sp³-hybridized carbons (Fsp3) is 1.00. The Balaban J connectivity index is 2.02. The van der Waals surface area contributed by atoms with Crippen LogP contribution >= 0.6 is 0 Å². The molecule has 1 saturated carbocycles. The predicted octanol–water partition coefficient (Wildman–Crippen LogP) is 3.79. The first-order valence-electron chi connectivity index (χ1n) is 8.58. The van der Waals surface area contributed by atoms with E-state index in [2.05, 4.69) is 25.7 Å². The van der Waals surface area contributed by atoms with Gasteiger partial charge in [0.1, 0.15) is 0 Å². The van der Waals surface area contributed by atoms with E-state index in [4.69, 9.17) is 5.73 Å². The molecule has 0 bridgehead atoms. The highest BCUT2D eigenvalue weighted by molar-refractivity contribution is 4.99. The summed E-state index contributed by atoms with van der Waals surface area (Å²) in [6.45, 7) is 9.69. The summed E-state index contributed by atoms with van der Waals surface area (Å²) in [7, 11) is 0. The Hall–Kier alpha value is -0.0800. The van der Waals surface area contributed by atoms with Crippen LogP contribution in [-0.2, 0) is 0 Å². The van der Waals surface area contributed by atoms with Crippen molar-refractivity contribution in [1.29, 1.82) is 0 Å². The fourth-order valence-corrected chi connectivity index (χ4v) is 4.23. The van der Waals surface area contributed by atoms with Crippen LogP contribution in [0, 0.1) is 11.8 Å². The molecule has 0 amide bonds. The highest BCUT2D eigenvalue weighted by Gasteiger charge is 2.41. The van der Waals surface area contributed by atoms with Crippen LogP contribution in [0.4, 0.5) is 0 Å². The maximum absolute atomic E-state index is 6.77. The van der Waals surface area contributed by atoms with E-state index in [9.17, 15) is 0 Å². The van der Waals surface area contributed by atoms with Crippen molar-refractivity contribution in [2.24, 2.45) is 17.6 Å². The number of likely N-dealkylation sites (tertiary alicyclic amines) is 1. The fourth-order valence-electron chi connectivity index (χ4n) is 4.23. The molecule has 112 valence electrons. The standard InChI is InChI=1S/C17H34N2/c1-4-17(3,19-12-6-5-7-13-19)16(18)15-10-8-14(2)9-11-15/h14-16H,4-13,18H2,1-3H3. The SMILES string of the molecule is CCC(C)(C(N)C1CCC(C)CC1)N1CCCCC1. The first-order chi connectivity index (χ1) is 9.08. The summed E-state index contributed by atoms with van der Waals surface area (Å²) in [5.41, 5.74) is 7.00. The van der Waals surface area contributed by atoms with E-state index in [0.717, 1.165) is 11.8 Å². The summed E-state index contributed by atoms with van der Waals surface area (Å²) in [6, 6.07) is 0.364. The smallest absolute Gasteiger partial charge is 0.0332 e. The van der Waals surface area contributed by atoms with Crippen molar-refractivity contribution in [2.45, 2.75) is 83.7 Å².